The fraction of sp³-hybridized carbons (Fsp3) is 0.100. The molecule has 8 N–H and O–H groups in total. The third-order valence-electron chi connectivity index (χ3n) is 1.04. The summed E-state index contributed by atoms with van der Waals surface area (Å²) in [7, 11) is 0. The summed E-state index contributed by atoms with van der Waals surface area (Å²) in [6, 6.07) is 8.79. The highest BCUT2D eigenvalue weighted by Gasteiger charge is 1.85. The molecule has 0 atom stereocenters. The first kappa shape index (κ1) is 16.7. The van der Waals surface area contributed by atoms with Crippen LogP contribution in [0.5, 0.6) is 0 Å². The maximum atomic E-state index is 9.00. The molecule has 1 aromatic rings. The van der Waals surface area contributed by atoms with Gasteiger partial charge in [0, 0.05) is 12.6 Å². The van der Waals surface area contributed by atoms with Crippen LogP contribution in [0.1, 0.15) is 12.5 Å². The Labute approximate surface area is 99.0 Å². The van der Waals surface area contributed by atoms with Gasteiger partial charge < -0.3 is 22.3 Å². The summed E-state index contributed by atoms with van der Waals surface area (Å²) in [5, 5.41) is 21.8. The van der Waals surface area contributed by atoms with Crippen LogP contribution in [-0.4, -0.2) is 17.0 Å². The number of carboxylic acid groups (broad SMARTS) is 1. The molecule has 0 saturated heterocycles. The SMILES string of the molecule is CC(=O)O.N#Cc1ccc(N)cc1.N=C(N)N. The van der Waals surface area contributed by atoms with Crippen molar-refractivity contribution < 1.29 is 9.90 Å². The van der Waals surface area contributed by atoms with Gasteiger partial charge in [-0.2, -0.15) is 5.26 Å². The lowest BCUT2D eigenvalue weighted by Crippen LogP contribution is -2.20. The minimum atomic E-state index is -0.833. The second-order valence-corrected chi connectivity index (χ2v) is 2.71. The van der Waals surface area contributed by atoms with Gasteiger partial charge in [-0.1, -0.05) is 0 Å². The highest BCUT2D eigenvalue weighted by molar-refractivity contribution is 5.71. The number of hydrogen-bond donors (Lipinski definition) is 5. The largest absolute Gasteiger partial charge is 0.481 e. The van der Waals surface area contributed by atoms with E-state index in [0.717, 1.165) is 6.92 Å². The molecule has 0 aliphatic carbocycles. The van der Waals surface area contributed by atoms with E-state index in [1.54, 1.807) is 24.3 Å². The van der Waals surface area contributed by atoms with Gasteiger partial charge in [0.1, 0.15) is 0 Å². The van der Waals surface area contributed by atoms with Crippen molar-refractivity contribution in [2.75, 3.05) is 5.73 Å². The van der Waals surface area contributed by atoms with Gasteiger partial charge in [-0.25, -0.2) is 0 Å². The number of carbonyl (C=O) groups is 1. The minimum Gasteiger partial charge on any atom is -0.481 e. The first-order chi connectivity index (χ1) is 7.79. The van der Waals surface area contributed by atoms with Crippen molar-refractivity contribution in [2.24, 2.45) is 11.5 Å². The van der Waals surface area contributed by atoms with Crippen LogP contribution in [-0.2, 0) is 4.79 Å². The number of anilines is 1. The number of aliphatic carboxylic acids is 1. The van der Waals surface area contributed by atoms with E-state index in [9.17, 15) is 0 Å². The zero-order valence-electron chi connectivity index (χ0n) is 9.34. The van der Waals surface area contributed by atoms with E-state index < -0.39 is 5.97 Å². The molecule has 0 saturated carbocycles. The fourth-order valence-corrected chi connectivity index (χ4v) is 0.558. The Morgan fingerprint density at radius 1 is 1.35 bits per heavy atom. The van der Waals surface area contributed by atoms with E-state index in [1.807, 2.05) is 6.07 Å². The van der Waals surface area contributed by atoms with Crippen molar-refractivity contribution in [1.82, 2.24) is 0 Å². The second kappa shape index (κ2) is 9.79. The van der Waals surface area contributed by atoms with Gasteiger partial charge in [-0.3, -0.25) is 10.2 Å². The highest BCUT2D eigenvalue weighted by Crippen LogP contribution is 2.02. The molecular formula is C10H15N5O2. The summed E-state index contributed by atoms with van der Waals surface area (Å²) >= 11 is 0. The number of carboxylic acids is 1. The third-order valence-corrected chi connectivity index (χ3v) is 1.04. The Balaban J connectivity index is 0. The van der Waals surface area contributed by atoms with Crippen molar-refractivity contribution in [3.05, 3.63) is 29.8 Å². The Morgan fingerprint density at radius 2 is 1.65 bits per heavy atom. The van der Waals surface area contributed by atoms with Gasteiger partial charge in [-0.15, -0.1) is 0 Å². The topological polar surface area (TPSA) is 163 Å². The molecular weight excluding hydrogens is 222 g/mol. The molecule has 0 aliphatic rings. The van der Waals surface area contributed by atoms with Crippen LogP contribution in [0.3, 0.4) is 0 Å². The van der Waals surface area contributed by atoms with Crippen LogP contribution in [0.2, 0.25) is 0 Å². The van der Waals surface area contributed by atoms with Crippen molar-refractivity contribution >= 4 is 17.6 Å². The molecule has 1 aromatic carbocycles. The normalized spacial score (nSPS) is 7.29. The second-order valence-electron chi connectivity index (χ2n) is 2.71. The van der Waals surface area contributed by atoms with Crippen molar-refractivity contribution in [2.45, 2.75) is 6.92 Å². The third kappa shape index (κ3) is 19.6. The first-order valence-corrected chi connectivity index (χ1v) is 4.34. The van der Waals surface area contributed by atoms with Gasteiger partial charge >= 0.3 is 0 Å². The predicted octanol–water partition coefficient (Wildman–Crippen LogP) is 0.0700. The number of nitrogen functional groups attached to an aromatic ring is 1. The molecule has 0 radical (unpaired) electrons. The van der Waals surface area contributed by atoms with Crippen LogP contribution in [0, 0.1) is 16.7 Å². The van der Waals surface area contributed by atoms with Gasteiger partial charge in [0.05, 0.1) is 11.6 Å². The minimum absolute atomic E-state index is 0.333. The van der Waals surface area contributed by atoms with E-state index in [1.165, 1.54) is 0 Å². The van der Waals surface area contributed by atoms with Crippen molar-refractivity contribution in [3.8, 4) is 6.07 Å². The van der Waals surface area contributed by atoms with Gasteiger partial charge in [-0.05, 0) is 24.3 Å². The molecule has 17 heavy (non-hydrogen) atoms. The number of nitrogens with two attached hydrogens (primary N) is 3. The number of guanidine groups is 1. The molecule has 7 heteroatoms. The maximum Gasteiger partial charge on any atom is 0.300 e. The van der Waals surface area contributed by atoms with E-state index in [4.69, 9.17) is 26.3 Å². The van der Waals surface area contributed by atoms with Crippen LogP contribution in [0.15, 0.2) is 24.3 Å². The smallest absolute Gasteiger partial charge is 0.300 e. The van der Waals surface area contributed by atoms with Gasteiger partial charge in [0.25, 0.3) is 5.97 Å². The lowest BCUT2D eigenvalue weighted by molar-refractivity contribution is -0.134. The number of nitrogens with zero attached hydrogens (tertiary/aromatic N) is 1. The van der Waals surface area contributed by atoms with Crippen molar-refractivity contribution in [1.29, 1.82) is 10.7 Å². The lowest BCUT2D eigenvalue weighted by atomic mass is 10.2. The summed E-state index contributed by atoms with van der Waals surface area (Å²) < 4.78 is 0. The maximum absolute atomic E-state index is 9.00. The lowest BCUT2D eigenvalue weighted by Gasteiger charge is -1.88. The number of hydrogen-bond acceptors (Lipinski definition) is 4. The molecule has 92 valence electrons. The molecule has 0 aromatic heterocycles. The zero-order chi connectivity index (χ0) is 13.8. The molecule has 0 amide bonds. The summed E-state index contributed by atoms with van der Waals surface area (Å²) in [6.45, 7) is 1.08. The summed E-state index contributed by atoms with van der Waals surface area (Å²) in [6.07, 6.45) is 0. The van der Waals surface area contributed by atoms with Crippen LogP contribution < -0.4 is 17.2 Å². The standard InChI is InChI=1S/C7H6N2.C2H4O2.CH5N3/c8-5-6-1-3-7(9)4-2-6;1-2(3)4;2-1(3)4/h1-4H,9H2;1H3,(H,3,4);(H5,2,3,4). The molecule has 7 nitrogen and oxygen atoms in total. The summed E-state index contributed by atoms with van der Waals surface area (Å²) in [5.74, 6) is -1.17. The Hall–Kier alpha value is -2.75. The fourth-order valence-electron chi connectivity index (χ4n) is 0.558. The monoisotopic (exact) mass is 237 g/mol. The Morgan fingerprint density at radius 3 is 1.88 bits per heavy atom. The Kier molecular flexibility index (Phi) is 9.60. The molecule has 0 unspecified atom stereocenters. The van der Waals surface area contributed by atoms with E-state index >= 15 is 0 Å². The summed E-state index contributed by atoms with van der Waals surface area (Å²) in [4.78, 5) is 9.00. The van der Waals surface area contributed by atoms with Crippen LogP contribution >= 0.6 is 0 Å². The number of benzene rings is 1. The van der Waals surface area contributed by atoms with E-state index in [-0.39, 0.29) is 5.96 Å². The molecule has 0 aliphatic heterocycles. The quantitative estimate of drug-likeness (QED) is 0.243. The van der Waals surface area contributed by atoms with E-state index in [0.29, 0.717) is 11.3 Å². The van der Waals surface area contributed by atoms with Crippen LogP contribution in [0.4, 0.5) is 5.69 Å². The Bertz CT molecular complexity index is 374. The number of nitrogens with one attached hydrogen (secondary N) is 1. The predicted molar refractivity (Wildman–Crippen MR) is 65.0 cm³/mol. The average Bonchev–Trinajstić information content (AvgIpc) is 2.17. The average molecular weight is 237 g/mol. The molecule has 0 spiro atoms. The highest BCUT2D eigenvalue weighted by atomic mass is 16.4. The van der Waals surface area contributed by atoms with Gasteiger partial charge in [0.15, 0.2) is 5.96 Å². The number of rotatable bonds is 0. The van der Waals surface area contributed by atoms with E-state index in [2.05, 4.69) is 11.5 Å². The first-order valence-electron chi connectivity index (χ1n) is 4.34. The molecule has 0 bridgehead atoms. The zero-order valence-corrected chi connectivity index (χ0v) is 9.34. The molecule has 0 heterocycles. The molecule has 0 fully saturated rings. The number of nitriles is 1. The van der Waals surface area contributed by atoms with Crippen LogP contribution in [0.25, 0.3) is 0 Å². The summed E-state index contributed by atoms with van der Waals surface area (Å²) in [5.41, 5.74) is 15.6. The van der Waals surface area contributed by atoms with Gasteiger partial charge in [0.2, 0.25) is 0 Å². The molecule has 1 rings (SSSR count). The van der Waals surface area contributed by atoms with Crippen molar-refractivity contribution in [3.63, 3.8) is 0 Å².